The van der Waals surface area contributed by atoms with Gasteiger partial charge in [-0.2, -0.15) is 0 Å². The van der Waals surface area contributed by atoms with Crippen LogP contribution in [0.25, 0.3) is 0 Å². The molecule has 0 bridgehead atoms. The maximum Gasteiger partial charge on any atom is 0.221 e. The minimum atomic E-state index is 0.0442. The number of nitrogens with zero attached hydrogens (tertiary/aromatic N) is 1. The molecular weight excluding hydrogens is 274 g/mol. The Hall–Kier alpha value is -0.750. The van der Waals surface area contributed by atoms with Gasteiger partial charge in [-0.05, 0) is 18.8 Å². The second-order valence-electron chi connectivity index (χ2n) is 5.39. The van der Waals surface area contributed by atoms with E-state index in [1.165, 1.54) is 31.4 Å². The lowest BCUT2D eigenvalue weighted by Crippen LogP contribution is -2.46. The van der Waals surface area contributed by atoms with Gasteiger partial charge in [0.15, 0.2) is 5.17 Å². The summed E-state index contributed by atoms with van der Waals surface area (Å²) in [5, 5.41) is 7.37. The summed E-state index contributed by atoms with van der Waals surface area (Å²) in [6, 6.07) is 0.610. The monoisotopic (exact) mass is 299 g/mol. The molecule has 0 aromatic heterocycles. The summed E-state index contributed by atoms with van der Waals surface area (Å²) in [5.41, 5.74) is 0. The van der Waals surface area contributed by atoms with Gasteiger partial charge in [-0.25, -0.2) is 0 Å². The van der Waals surface area contributed by atoms with Gasteiger partial charge in [0.2, 0.25) is 5.91 Å². The number of ether oxygens (including phenoxy) is 1. The third-order valence-corrected chi connectivity index (χ3v) is 4.99. The normalized spacial score (nSPS) is 27.8. The number of fused-ring (bicyclic) bond motifs is 1. The Labute approximate surface area is 125 Å². The van der Waals surface area contributed by atoms with E-state index in [1.807, 2.05) is 11.8 Å². The zero-order chi connectivity index (χ0) is 14.2. The van der Waals surface area contributed by atoms with Gasteiger partial charge < -0.3 is 15.4 Å². The molecule has 2 unspecified atom stereocenters. The molecule has 0 aromatic carbocycles. The molecular formula is C14H25N3O2S. The van der Waals surface area contributed by atoms with Crippen LogP contribution in [0.3, 0.4) is 0 Å². The van der Waals surface area contributed by atoms with Gasteiger partial charge in [-0.1, -0.05) is 24.6 Å². The quantitative estimate of drug-likeness (QED) is 0.728. The zero-order valence-electron chi connectivity index (χ0n) is 12.2. The lowest BCUT2D eigenvalue weighted by Gasteiger charge is -2.36. The predicted octanol–water partition coefficient (Wildman–Crippen LogP) is 1.39. The van der Waals surface area contributed by atoms with Crippen LogP contribution in [-0.4, -0.2) is 49.7 Å². The summed E-state index contributed by atoms with van der Waals surface area (Å²) in [6.45, 7) is 1.69. The number of carbonyl (C=O) groups excluding carboxylic acids is 1. The highest BCUT2D eigenvalue weighted by Crippen LogP contribution is 2.31. The molecule has 1 saturated heterocycles. The van der Waals surface area contributed by atoms with E-state index in [9.17, 15) is 4.79 Å². The first kappa shape index (κ1) is 15.6. The molecule has 20 heavy (non-hydrogen) atoms. The van der Waals surface area contributed by atoms with Gasteiger partial charge in [0, 0.05) is 31.9 Å². The third kappa shape index (κ3) is 4.98. The van der Waals surface area contributed by atoms with Gasteiger partial charge in [-0.3, -0.25) is 9.79 Å². The molecule has 2 rings (SSSR count). The van der Waals surface area contributed by atoms with Crippen molar-refractivity contribution in [3.8, 4) is 0 Å². The maximum atomic E-state index is 11.5. The van der Waals surface area contributed by atoms with Gasteiger partial charge in [-0.15, -0.1) is 0 Å². The molecule has 1 amide bonds. The van der Waals surface area contributed by atoms with E-state index in [1.54, 1.807) is 7.11 Å². The Morgan fingerprint density at radius 3 is 3.20 bits per heavy atom. The largest absolute Gasteiger partial charge is 0.383 e. The molecule has 6 heteroatoms. The highest BCUT2D eigenvalue weighted by Gasteiger charge is 2.29. The van der Waals surface area contributed by atoms with Crippen molar-refractivity contribution in [2.24, 2.45) is 10.9 Å². The van der Waals surface area contributed by atoms with Gasteiger partial charge in [0.25, 0.3) is 0 Å². The van der Waals surface area contributed by atoms with Crippen molar-refractivity contribution in [3.63, 3.8) is 0 Å². The van der Waals surface area contributed by atoms with Crippen molar-refractivity contribution >= 4 is 22.8 Å². The molecule has 0 radical (unpaired) electrons. The van der Waals surface area contributed by atoms with E-state index in [0.29, 0.717) is 32.2 Å². The van der Waals surface area contributed by atoms with E-state index in [4.69, 9.17) is 4.74 Å². The van der Waals surface area contributed by atoms with Crippen LogP contribution in [0.1, 0.15) is 32.1 Å². The average molecular weight is 299 g/mol. The Morgan fingerprint density at radius 1 is 1.50 bits per heavy atom. The van der Waals surface area contributed by atoms with Crippen molar-refractivity contribution in [3.05, 3.63) is 0 Å². The molecule has 2 aliphatic rings. The van der Waals surface area contributed by atoms with Crippen LogP contribution in [0.5, 0.6) is 0 Å². The van der Waals surface area contributed by atoms with E-state index in [2.05, 4.69) is 15.6 Å². The Balaban J connectivity index is 1.66. The van der Waals surface area contributed by atoms with Crippen LogP contribution in [0.15, 0.2) is 4.99 Å². The number of rotatable bonds is 6. The van der Waals surface area contributed by atoms with Gasteiger partial charge in [0.05, 0.1) is 13.2 Å². The molecule has 2 N–H and O–H groups in total. The second-order valence-corrected chi connectivity index (χ2v) is 6.39. The number of hydrogen-bond acceptors (Lipinski definition) is 4. The molecule has 5 nitrogen and oxygen atoms in total. The topological polar surface area (TPSA) is 62.7 Å². The highest BCUT2D eigenvalue weighted by molar-refractivity contribution is 8.13. The average Bonchev–Trinajstić information content (AvgIpc) is 2.47. The predicted molar refractivity (Wildman–Crippen MR) is 83.1 cm³/mol. The summed E-state index contributed by atoms with van der Waals surface area (Å²) in [6.07, 6.45) is 5.76. The first-order valence-corrected chi connectivity index (χ1v) is 8.47. The number of methoxy groups -OCH3 is 1. The fourth-order valence-corrected chi connectivity index (χ4v) is 3.90. The van der Waals surface area contributed by atoms with Crippen LogP contribution < -0.4 is 10.6 Å². The van der Waals surface area contributed by atoms with Crippen LogP contribution in [0.4, 0.5) is 0 Å². The van der Waals surface area contributed by atoms with Crippen LogP contribution >= 0.6 is 11.8 Å². The first-order valence-electron chi connectivity index (χ1n) is 7.49. The van der Waals surface area contributed by atoms with Crippen molar-refractivity contribution < 1.29 is 9.53 Å². The van der Waals surface area contributed by atoms with Crippen LogP contribution in [-0.2, 0) is 9.53 Å². The van der Waals surface area contributed by atoms with Gasteiger partial charge >= 0.3 is 0 Å². The van der Waals surface area contributed by atoms with Crippen molar-refractivity contribution in [1.82, 2.24) is 10.6 Å². The zero-order valence-corrected chi connectivity index (χ0v) is 13.0. The van der Waals surface area contributed by atoms with Crippen molar-refractivity contribution in [1.29, 1.82) is 0 Å². The molecule has 1 aliphatic heterocycles. The standard InChI is InChI=1S/C14H25N3O2S/c1-19-9-8-15-13(18)6-7-16-14-17-12-5-3-2-4-11(12)10-20-14/h11-12H,2-10H2,1H3,(H,15,18)(H,16,17). The van der Waals surface area contributed by atoms with E-state index in [0.717, 1.165) is 11.1 Å². The van der Waals surface area contributed by atoms with Crippen LogP contribution in [0, 0.1) is 5.92 Å². The van der Waals surface area contributed by atoms with Crippen molar-refractivity contribution in [2.45, 2.75) is 38.1 Å². The fraction of sp³-hybridized carbons (Fsp3) is 0.857. The minimum absolute atomic E-state index is 0.0442. The summed E-state index contributed by atoms with van der Waals surface area (Å²) in [7, 11) is 1.63. The Kier molecular flexibility index (Phi) is 6.66. The number of carbonyl (C=O) groups is 1. The molecule has 1 aliphatic carbocycles. The number of amides is 1. The molecule has 0 spiro atoms. The first-order chi connectivity index (χ1) is 9.79. The Bertz CT molecular complexity index is 349. The highest BCUT2D eigenvalue weighted by atomic mass is 32.2. The third-order valence-electron chi connectivity index (χ3n) is 3.87. The summed E-state index contributed by atoms with van der Waals surface area (Å²) >= 11 is 1.81. The number of amidine groups is 1. The molecule has 114 valence electrons. The molecule has 2 fully saturated rings. The molecule has 0 aromatic rings. The maximum absolute atomic E-state index is 11.5. The SMILES string of the molecule is COCCNC(=O)CCN=C1NC2CCCCC2CS1. The van der Waals surface area contributed by atoms with Crippen LogP contribution in [0.2, 0.25) is 0 Å². The lowest BCUT2D eigenvalue weighted by atomic mass is 9.86. The Morgan fingerprint density at radius 2 is 2.35 bits per heavy atom. The fourth-order valence-electron chi connectivity index (χ4n) is 2.71. The minimum Gasteiger partial charge on any atom is -0.383 e. The lowest BCUT2D eigenvalue weighted by molar-refractivity contribution is -0.121. The molecule has 2 atom stereocenters. The van der Waals surface area contributed by atoms with E-state index in [-0.39, 0.29) is 5.91 Å². The molecule has 1 heterocycles. The molecule has 1 saturated carbocycles. The summed E-state index contributed by atoms with van der Waals surface area (Å²) in [5.74, 6) is 2.03. The number of nitrogens with one attached hydrogen (secondary N) is 2. The summed E-state index contributed by atoms with van der Waals surface area (Å²) in [4.78, 5) is 16.0. The number of hydrogen-bond donors (Lipinski definition) is 2. The number of aliphatic imine (C=N–C) groups is 1. The summed E-state index contributed by atoms with van der Waals surface area (Å²) < 4.78 is 4.89. The smallest absolute Gasteiger partial charge is 0.221 e. The second kappa shape index (κ2) is 8.52. The number of thioether (sulfide) groups is 1. The van der Waals surface area contributed by atoms with E-state index < -0.39 is 0 Å². The van der Waals surface area contributed by atoms with Gasteiger partial charge in [0.1, 0.15) is 0 Å². The van der Waals surface area contributed by atoms with Crippen molar-refractivity contribution in [2.75, 3.05) is 32.6 Å². The van der Waals surface area contributed by atoms with E-state index >= 15 is 0 Å².